The van der Waals surface area contributed by atoms with Gasteiger partial charge in [0.25, 0.3) is 0 Å². The maximum absolute atomic E-state index is 6.14. The lowest BCUT2D eigenvalue weighted by molar-refractivity contribution is 1.29. The number of nitrogens with zero attached hydrogens (tertiary/aromatic N) is 3. The molecule has 0 saturated heterocycles. The highest BCUT2D eigenvalue weighted by Gasteiger charge is 2.14. The Hall–Kier alpha value is -2.30. The van der Waals surface area contributed by atoms with Crippen LogP contribution in [-0.2, 0) is 0 Å². The van der Waals surface area contributed by atoms with Gasteiger partial charge < -0.3 is 0 Å². The van der Waals surface area contributed by atoms with Crippen molar-refractivity contribution in [1.82, 2.24) is 15.0 Å². The fraction of sp³-hybridized carbons (Fsp3) is 0.0556. The van der Waals surface area contributed by atoms with E-state index in [1.165, 1.54) is 0 Å². The molecule has 0 spiro atoms. The van der Waals surface area contributed by atoms with Gasteiger partial charge in [-0.1, -0.05) is 29.8 Å². The Morgan fingerprint density at radius 1 is 0.913 bits per heavy atom. The monoisotopic (exact) mass is 337 g/mol. The number of rotatable bonds is 2. The van der Waals surface area contributed by atoms with Crippen molar-refractivity contribution in [2.45, 2.75) is 6.92 Å². The number of benzene rings is 2. The topological polar surface area (TPSA) is 38.7 Å². The molecule has 0 N–H and O–H groups in total. The molecule has 0 aliphatic carbocycles. The SMILES string of the molecule is Cc1nc(-c2cccc(Cl)c2)c(-c2ccc3nccnc3c2)s1. The number of hydrogen-bond donors (Lipinski definition) is 0. The predicted octanol–water partition coefficient (Wildman–Crippen LogP) is 5.38. The van der Waals surface area contributed by atoms with Gasteiger partial charge in [-0.3, -0.25) is 9.97 Å². The molecule has 5 heteroatoms. The van der Waals surface area contributed by atoms with E-state index >= 15 is 0 Å². The normalized spacial score (nSPS) is 11.0. The van der Waals surface area contributed by atoms with Gasteiger partial charge in [0.2, 0.25) is 0 Å². The minimum Gasteiger partial charge on any atom is -0.253 e. The second-order valence-corrected chi connectivity index (χ2v) is 6.82. The quantitative estimate of drug-likeness (QED) is 0.492. The molecule has 0 amide bonds. The van der Waals surface area contributed by atoms with Gasteiger partial charge in [-0.05, 0) is 36.8 Å². The first kappa shape index (κ1) is 14.3. The van der Waals surface area contributed by atoms with Crippen LogP contribution in [-0.4, -0.2) is 15.0 Å². The Morgan fingerprint density at radius 2 is 1.74 bits per heavy atom. The molecule has 0 radical (unpaired) electrons. The third kappa shape index (κ3) is 2.71. The summed E-state index contributed by atoms with van der Waals surface area (Å²) in [5, 5.41) is 1.73. The average molecular weight is 338 g/mol. The number of fused-ring (bicyclic) bond motifs is 1. The van der Waals surface area contributed by atoms with E-state index in [-0.39, 0.29) is 0 Å². The van der Waals surface area contributed by atoms with Crippen LogP contribution in [0.15, 0.2) is 54.9 Å². The summed E-state index contributed by atoms with van der Waals surface area (Å²) in [5.41, 5.74) is 4.85. The van der Waals surface area contributed by atoms with Crippen LogP contribution >= 0.6 is 22.9 Å². The molecular formula is C18H12ClN3S. The summed E-state index contributed by atoms with van der Waals surface area (Å²) in [6.45, 7) is 2.02. The largest absolute Gasteiger partial charge is 0.253 e. The van der Waals surface area contributed by atoms with Crippen molar-refractivity contribution in [2.24, 2.45) is 0 Å². The molecule has 0 atom stereocenters. The number of hydrogen-bond acceptors (Lipinski definition) is 4. The second-order valence-electron chi connectivity index (χ2n) is 5.18. The third-order valence-corrected chi connectivity index (χ3v) is 4.82. The molecule has 23 heavy (non-hydrogen) atoms. The zero-order valence-electron chi connectivity index (χ0n) is 12.3. The van der Waals surface area contributed by atoms with Gasteiger partial charge in [-0.2, -0.15) is 0 Å². The van der Waals surface area contributed by atoms with Crippen molar-refractivity contribution in [3.63, 3.8) is 0 Å². The Balaban J connectivity index is 1.91. The molecule has 112 valence electrons. The van der Waals surface area contributed by atoms with Gasteiger partial charge in [0.1, 0.15) is 0 Å². The van der Waals surface area contributed by atoms with Crippen molar-refractivity contribution >= 4 is 34.0 Å². The first-order chi connectivity index (χ1) is 11.2. The highest BCUT2D eigenvalue weighted by atomic mass is 35.5. The van der Waals surface area contributed by atoms with E-state index in [2.05, 4.69) is 22.1 Å². The molecule has 4 rings (SSSR count). The van der Waals surface area contributed by atoms with Crippen molar-refractivity contribution in [2.75, 3.05) is 0 Å². The van der Waals surface area contributed by atoms with Crippen LogP contribution in [0.1, 0.15) is 5.01 Å². The predicted molar refractivity (Wildman–Crippen MR) is 95.8 cm³/mol. The third-order valence-electron chi connectivity index (χ3n) is 3.56. The van der Waals surface area contributed by atoms with Gasteiger partial charge in [-0.25, -0.2) is 4.98 Å². The van der Waals surface area contributed by atoms with Crippen molar-refractivity contribution in [1.29, 1.82) is 0 Å². The van der Waals surface area contributed by atoms with Crippen LogP contribution in [0.2, 0.25) is 5.02 Å². The Labute approximate surface area is 142 Å². The van der Waals surface area contributed by atoms with Crippen LogP contribution in [0.3, 0.4) is 0 Å². The van der Waals surface area contributed by atoms with E-state index in [1.54, 1.807) is 23.7 Å². The second kappa shape index (κ2) is 5.72. The molecule has 2 aromatic heterocycles. The van der Waals surface area contributed by atoms with Crippen molar-refractivity contribution in [3.05, 3.63) is 64.9 Å². The summed E-state index contributed by atoms with van der Waals surface area (Å²) in [6, 6.07) is 13.9. The Morgan fingerprint density at radius 3 is 2.57 bits per heavy atom. The molecule has 3 nitrogen and oxygen atoms in total. The summed E-state index contributed by atoms with van der Waals surface area (Å²) >= 11 is 7.81. The van der Waals surface area contributed by atoms with Crippen LogP contribution in [0.25, 0.3) is 32.7 Å². The first-order valence-electron chi connectivity index (χ1n) is 7.15. The van der Waals surface area contributed by atoms with Gasteiger partial charge in [0, 0.05) is 23.0 Å². The van der Waals surface area contributed by atoms with Crippen LogP contribution in [0.5, 0.6) is 0 Å². The van der Waals surface area contributed by atoms with Crippen molar-refractivity contribution in [3.8, 4) is 21.7 Å². The number of aromatic nitrogens is 3. The Bertz CT molecular complexity index is 1010. The molecule has 0 unspecified atom stereocenters. The van der Waals surface area contributed by atoms with E-state index in [0.717, 1.165) is 37.7 Å². The summed E-state index contributed by atoms with van der Waals surface area (Å²) in [5.74, 6) is 0. The van der Waals surface area contributed by atoms with Crippen LogP contribution in [0, 0.1) is 6.92 Å². The van der Waals surface area contributed by atoms with E-state index in [4.69, 9.17) is 16.6 Å². The van der Waals surface area contributed by atoms with E-state index in [1.807, 2.05) is 37.3 Å². The molecule has 2 aromatic carbocycles. The van der Waals surface area contributed by atoms with Crippen molar-refractivity contribution < 1.29 is 0 Å². The smallest absolute Gasteiger partial charge is 0.0908 e. The van der Waals surface area contributed by atoms with E-state index in [9.17, 15) is 0 Å². The molecule has 0 saturated carbocycles. The van der Waals surface area contributed by atoms with Gasteiger partial charge >= 0.3 is 0 Å². The fourth-order valence-corrected chi connectivity index (χ4v) is 3.69. The van der Waals surface area contributed by atoms with Crippen LogP contribution in [0.4, 0.5) is 0 Å². The lowest BCUT2D eigenvalue weighted by Crippen LogP contribution is -1.85. The molecule has 0 fully saturated rings. The molecular weight excluding hydrogens is 326 g/mol. The zero-order valence-corrected chi connectivity index (χ0v) is 13.9. The Kier molecular flexibility index (Phi) is 3.56. The van der Waals surface area contributed by atoms with Gasteiger partial charge in [0.15, 0.2) is 0 Å². The summed E-state index contributed by atoms with van der Waals surface area (Å²) in [7, 11) is 0. The molecule has 4 aromatic rings. The van der Waals surface area contributed by atoms with E-state index in [0.29, 0.717) is 5.02 Å². The lowest BCUT2D eigenvalue weighted by atomic mass is 10.1. The number of halogens is 1. The highest BCUT2D eigenvalue weighted by Crippen LogP contribution is 2.37. The lowest BCUT2D eigenvalue weighted by Gasteiger charge is -2.04. The molecule has 0 aliphatic heterocycles. The standard InChI is InChI=1S/C18H12ClN3S/c1-11-22-17(12-3-2-4-14(19)9-12)18(23-11)13-5-6-15-16(10-13)21-8-7-20-15/h2-10H,1H3. The summed E-state index contributed by atoms with van der Waals surface area (Å²) < 4.78 is 0. The zero-order chi connectivity index (χ0) is 15.8. The van der Waals surface area contributed by atoms with Gasteiger partial charge in [-0.15, -0.1) is 11.3 Å². The molecule has 2 heterocycles. The maximum atomic E-state index is 6.14. The summed E-state index contributed by atoms with van der Waals surface area (Å²) in [4.78, 5) is 14.5. The van der Waals surface area contributed by atoms with Crippen LogP contribution < -0.4 is 0 Å². The number of thiazole rings is 1. The minimum absolute atomic E-state index is 0.712. The number of aryl methyl sites for hydroxylation is 1. The fourth-order valence-electron chi connectivity index (χ4n) is 2.56. The maximum Gasteiger partial charge on any atom is 0.0908 e. The highest BCUT2D eigenvalue weighted by molar-refractivity contribution is 7.15. The minimum atomic E-state index is 0.712. The summed E-state index contributed by atoms with van der Waals surface area (Å²) in [6.07, 6.45) is 3.41. The first-order valence-corrected chi connectivity index (χ1v) is 8.35. The molecule has 0 bridgehead atoms. The van der Waals surface area contributed by atoms with Gasteiger partial charge in [0.05, 0.1) is 26.6 Å². The molecule has 0 aliphatic rings. The average Bonchev–Trinajstić information content (AvgIpc) is 2.96. The van der Waals surface area contributed by atoms with E-state index < -0.39 is 0 Å².